The molecule has 1 aromatic heterocycles. The first-order valence-electron chi connectivity index (χ1n) is 6.77. The monoisotopic (exact) mass is 293 g/mol. The number of aromatic nitrogens is 2. The lowest BCUT2D eigenvalue weighted by Crippen LogP contribution is -2.34. The number of imidazole rings is 1. The minimum Gasteiger partial charge on any atom is -0.338 e. The van der Waals surface area contributed by atoms with Crippen molar-refractivity contribution in [3.05, 3.63) is 48.3 Å². The maximum atomic E-state index is 13.2. The second-order valence-electron chi connectivity index (χ2n) is 4.68. The highest BCUT2D eigenvalue weighted by Gasteiger charge is 2.12. The van der Waals surface area contributed by atoms with E-state index in [1.54, 1.807) is 23.9 Å². The summed E-state index contributed by atoms with van der Waals surface area (Å²) in [7, 11) is 2.01. The Morgan fingerprint density at radius 2 is 2.30 bits per heavy atom. The van der Waals surface area contributed by atoms with Crippen molar-refractivity contribution in [3.8, 4) is 0 Å². The van der Waals surface area contributed by atoms with Gasteiger partial charge in [-0.1, -0.05) is 13.0 Å². The highest BCUT2D eigenvalue weighted by Crippen LogP contribution is 2.20. The van der Waals surface area contributed by atoms with Crippen LogP contribution in [0.5, 0.6) is 0 Å². The van der Waals surface area contributed by atoms with Crippen LogP contribution in [0.3, 0.4) is 0 Å². The SMILES string of the molecule is CCNC(CSc1cccc(F)c1)Cc1nccn1C. The Bertz CT molecular complexity index is 541. The van der Waals surface area contributed by atoms with Gasteiger partial charge in [-0.2, -0.15) is 0 Å². The van der Waals surface area contributed by atoms with Crippen molar-refractivity contribution < 1.29 is 4.39 Å². The first-order chi connectivity index (χ1) is 9.69. The number of hydrogen-bond donors (Lipinski definition) is 1. The van der Waals surface area contributed by atoms with Crippen LogP contribution in [0.2, 0.25) is 0 Å². The Morgan fingerprint density at radius 1 is 1.45 bits per heavy atom. The van der Waals surface area contributed by atoms with Gasteiger partial charge in [-0.3, -0.25) is 0 Å². The van der Waals surface area contributed by atoms with Crippen molar-refractivity contribution in [2.45, 2.75) is 24.3 Å². The molecule has 0 fully saturated rings. The number of benzene rings is 1. The summed E-state index contributed by atoms with van der Waals surface area (Å²) >= 11 is 1.67. The zero-order chi connectivity index (χ0) is 14.4. The van der Waals surface area contributed by atoms with Gasteiger partial charge in [-0.15, -0.1) is 11.8 Å². The van der Waals surface area contributed by atoms with Crippen molar-refractivity contribution >= 4 is 11.8 Å². The average Bonchev–Trinajstić information content (AvgIpc) is 2.82. The maximum Gasteiger partial charge on any atom is 0.124 e. The van der Waals surface area contributed by atoms with Gasteiger partial charge in [0.05, 0.1) is 0 Å². The van der Waals surface area contributed by atoms with E-state index in [1.807, 2.05) is 30.1 Å². The van der Waals surface area contributed by atoms with Crippen LogP contribution in [-0.4, -0.2) is 27.9 Å². The summed E-state index contributed by atoms with van der Waals surface area (Å²) < 4.78 is 15.2. The van der Waals surface area contributed by atoms with E-state index in [0.717, 1.165) is 29.4 Å². The molecule has 5 heteroatoms. The summed E-state index contributed by atoms with van der Waals surface area (Å²) in [4.78, 5) is 5.33. The maximum absolute atomic E-state index is 13.2. The van der Waals surface area contributed by atoms with Gasteiger partial charge >= 0.3 is 0 Å². The number of rotatable bonds is 7. The summed E-state index contributed by atoms with van der Waals surface area (Å²) in [6.07, 6.45) is 4.65. The fourth-order valence-corrected chi connectivity index (χ4v) is 3.05. The lowest BCUT2D eigenvalue weighted by Gasteiger charge is -2.17. The number of hydrogen-bond acceptors (Lipinski definition) is 3. The number of halogens is 1. The molecule has 0 spiro atoms. The van der Waals surface area contributed by atoms with Gasteiger partial charge in [0.2, 0.25) is 0 Å². The summed E-state index contributed by atoms with van der Waals surface area (Å²) in [6, 6.07) is 7.07. The topological polar surface area (TPSA) is 29.9 Å². The van der Waals surface area contributed by atoms with Crippen molar-refractivity contribution in [2.75, 3.05) is 12.3 Å². The van der Waals surface area contributed by atoms with E-state index in [9.17, 15) is 4.39 Å². The normalized spacial score (nSPS) is 12.6. The number of likely N-dealkylation sites (N-methyl/N-ethyl adjacent to an activating group) is 1. The summed E-state index contributed by atoms with van der Waals surface area (Å²) in [5.41, 5.74) is 0. The number of nitrogens with zero attached hydrogens (tertiary/aromatic N) is 2. The van der Waals surface area contributed by atoms with E-state index >= 15 is 0 Å². The van der Waals surface area contributed by atoms with Crippen LogP contribution in [0.1, 0.15) is 12.7 Å². The van der Waals surface area contributed by atoms with Gasteiger partial charge in [0.1, 0.15) is 11.6 Å². The smallest absolute Gasteiger partial charge is 0.124 e. The molecular formula is C15H20FN3S. The molecule has 20 heavy (non-hydrogen) atoms. The predicted octanol–water partition coefficient (Wildman–Crippen LogP) is 2.87. The number of aryl methyl sites for hydroxylation is 1. The molecule has 2 aromatic rings. The molecule has 1 aromatic carbocycles. The quantitative estimate of drug-likeness (QED) is 0.796. The third-order valence-electron chi connectivity index (χ3n) is 3.09. The van der Waals surface area contributed by atoms with Crippen LogP contribution >= 0.6 is 11.8 Å². The highest BCUT2D eigenvalue weighted by atomic mass is 32.2. The molecule has 0 aliphatic rings. The largest absolute Gasteiger partial charge is 0.338 e. The van der Waals surface area contributed by atoms with Crippen LogP contribution < -0.4 is 5.32 Å². The van der Waals surface area contributed by atoms with E-state index in [2.05, 4.69) is 17.2 Å². The Hall–Kier alpha value is -1.33. The van der Waals surface area contributed by atoms with Crippen molar-refractivity contribution in [2.24, 2.45) is 7.05 Å². The molecular weight excluding hydrogens is 273 g/mol. The van der Waals surface area contributed by atoms with Crippen molar-refractivity contribution in [1.29, 1.82) is 0 Å². The van der Waals surface area contributed by atoms with Crippen LogP contribution in [0.25, 0.3) is 0 Å². The lowest BCUT2D eigenvalue weighted by molar-refractivity contribution is 0.550. The molecule has 0 bridgehead atoms. The van der Waals surface area contributed by atoms with Gasteiger partial charge in [-0.25, -0.2) is 9.37 Å². The number of nitrogens with one attached hydrogen (secondary N) is 1. The highest BCUT2D eigenvalue weighted by molar-refractivity contribution is 7.99. The first-order valence-corrected chi connectivity index (χ1v) is 7.75. The van der Waals surface area contributed by atoms with Crippen LogP contribution in [0.4, 0.5) is 4.39 Å². The third kappa shape index (κ3) is 4.35. The molecule has 1 atom stereocenters. The molecule has 108 valence electrons. The Balaban J connectivity index is 1.94. The molecule has 0 saturated carbocycles. The molecule has 0 saturated heterocycles. The second kappa shape index (κ2) is 7.45. The van der Waals surface area contributed by atoms with Gasteiger partial charge in [0.15, 0.2) is 0 Å². The standard InChI is InChI=1S/C15H20FN3S/c1-3-17-13(10-15-18-7-8-19(15)2)11-20-14-6-4-5-12(16)9-14/h4-9,13,17H,3,10-11H2,1-2H3. The minimum absolute atomic E-state index is 0.181. The lowest BCUT2D eigenvalue weighted by atomic mass is 10.2. The van der Waals surface area contributed by atoms with Gasteiger partial charge < -0.3 is 9.88 Å². The molecule has 0 amide bonds. The molecule has 2 rings (SSSR count). The Labute approximate surface area is 123 Å². The zero-order valence-corrected chi connectivity index (χ0v) is 12.7. The van der Waals surface area contributed by atoms with Gasteiger partial charge in [0.25, 0.3) is 0 Å². The Morgan fingerprint density at radius 3 is 2.95 bits per heavy atom. The molecule has 1 heterocycles. The first kappa shape index (κ1) is 15.1. The van der Waals surface area contributed by atoms with E-state index in [1.165, 1.54) is 6.07 Å². The van der Waals surface area contributed by atoms with E-state index in [0.29, 0.717) is 6.04 Å². The zero-order valence-electron chi connectivity index (χ0n) is 11.8. The van der Waals surface area contributed by atoms with Gasteiger partial charge in [0, 0.05) is 42.6 Å². The van der Waals surface area contributed by atoms with Crippen LogP contribution in [-0.2, 0) is 13.5 Å². The molecule has 1 N–H and O–H groups in total. The van der Waals surface area contributed by atoms with E-state index in [-0.39, 0.29) is 5.82 Å². The fraction of sp³-hybridized carbons (Fsp3) is 0.400. The summed E-state index contributed by atoms with van der Waals surface area (Å²) in [5.74, 6) is 1.78. The molecule has 1 unspecified atom stereocenters. The minimum atomic E-state index is -0.181. The van der Waals surface area contributed by atoms with E-state index in [4.69, 9.17) is 0 Å². The number of thioether (sulfide) groups is 1. The van der Waals surface area contributed by atoms with Crippen LogP contribution in [0, 0.1) is 5.82 Å². The average molecular weight is 293 g/mol. The Kier molecular flexibility index (Phi) is 5.61. The van der Waals surface area contributed by atoms with Crippen molar-refractivity contribution in [3.63, 3.8) is 0 Å². The summed E-state index contributed by atoms with van der Waals surface area (Å²) in [6.45, 7) is 3.01. The van der Waals surface area contributed by atoms with E-state index < -0.39 is 0 Å². The van der Waals surface area contributed by atoms with Gasteiger partial charge in [-0.05, 0) is 24.7 Å². The predicted molar refractivity (Wildman–Crippen MR) is 81.5 cm³/mol. The van der Waals surface area contributed by atoms with Crippen LogP contribution in [0.15, 0.2) is 41.6 Å². The molecule has 0 radical (unpaired) electrons. The summed E-state index contributed by atoms with van der Waals surface area (Å²) in [5, 5.41) is 3.47. The fourth-order valence-electron chi connectivity index (χ4n) is 2.05. The van der Waals surface area contributed by atoms with Crippen molar-refractivity contribution in [1.82, 2.24) is 14.9 Å². The molecule has 3 nitrogen and oxygen atoms in total. The second-order valence-corrected chi connectivity index (χ2v) is 5.77. The molecule has 0 aliphatic carbocycles. The third-order valence-corrected chi connectivity index (χ3v) is 4.25. The molecule has 0 aliphatic heterocycles.